The molecule has 0 aromatic carbocycles. The molecular formula is C12H16N2O2. The zero-order valence-corrected chi connectivity index (χ0v) is 9.39. The van der Waals surface area contributed by atoms with Gasteiger partial charge in [0.2, 0.25) is 0 Å². The number of carboxylic acid groups (broad SMARTS) is 1. The van der Waals surface area contributed by atoms with Crippen molar-refractivity contribution in [3.8, 4) is 0 Å². The van der Waals surface area contributed by atoms with Crippen molar-refractivity contribution in [2.75, 3.05) is 18.0 Å². The molecule has 1 N–H and O–H groups in total. The number of aromatic carboxylic acids is 1. The summed E-state index contributed by atoms with van der Waals surface area (Å²) < 4.78 is 0. The van der Waals surface area contributed by atoms with Crippen LogP contribution in [0, 0.1) is 5.92 Å². The molecule has 0 bridgehead atoms. The number of aromatic nitrogens is 1. The Morgan fingerprint density at radius 1 is 1.62 bits per heavy atom. The smallest absolute Gasteiger partial charge is 0.354 e. The summed E-state index contributed by atoms with van der Waals surface area (Å²) in [5.74, 6) is -0.175. The van der Waals surface area contributed by atoms with Crippen molar-refractivity contribution in [2.24, 2.45) is 5.92 Å². The van der Waals surface area contributed by atoms with Crippen LogP contribution in [0.15, 0.2) is 18.3 Å². The summed E-state index contributed by atoms with van der Waals surface area (Å²) in [6, 6.07) is 3.52. The molecule has 1 aliphatic carbocycles. The van der Waals surface area contributed by atoms with E-state index in [1.807, 2.05) is 6.07 Å². The first kappa shape index (κ1) is 10.9. The lowest BCUT2D eigenvalue weighted by molar-refractivity contribution is 0.0690. The summed E-state index contributed by atoms with van der Waals surface area (Å²) in [6.07, 6.45) is 4.16. The highest BCUT2D eigenvalue weighted by atomic mass is 16.4. The molecule has 0 saturated heterocycles. The van der Waals surface area contributed by atoms with Crippen molar-refractivity contribution < 1.29 is 9.90 Å². The maximum Gasteiger partial charge on any atom is 0.354 e. The summed E-state index contributed by atoms with van der Waals surface area (Å²) in [5, 5.41) is 8.88. The van der Waals surface area contributed by atoms with Crippen molar-refractivity contribution in [2.45, 2.75) is 19.8 Å². The van der Waals surface area contributed by atoms with Crippen LogP contribution in [-0.4, -0.2) is 29.1 Å². The molecule has 2 rings (SSSR count). The molecule has 4 nitrogen and oxygen atoms in total. The molecule has 1 fully saturated rings. The first-order valence-electron chi connectivity index (χ1n) is 5.65. The Hall–Kier alpha value is -1.58. The van der Waals surface area contributed by atoms with E-state index < -0.39 is 5.97 Å². The second-order valence-electron chi connectivity index (χ2n) is 4.19. The third kappa shape index (κ3) is 2.51. The first-order valence-corrected chi connectivity index (χ1v) is 5.65. The van der Waals surface area contributed by atoms with E-state index in [1.165, 1.54) is 12.8 Å². The Morgan fingerprint density at radius 2 is 2.38 bits per heavy atom. The number of rotatable bonds is 5. The van der Waals surface area contributed by atoms with Gasteiger partial charge in [0.25, 0.3) is 0 Å². The molecule has 16 heavy (non-hydrogen) atoms. The number of hydrogen-bond acceptors (Lipinski definition) is 3. The topological polar surface area (TPSA) is 53.4 Å². The monoisotopic (exact) mass is 220 g/mol. The average molecular weight is 220 g/mol. The first-order chi connectivity index (χ1) is 7.70. The Bertz CT molecular complexity index is 388. The molecule has 0 atom stereocenters. The summed E-state index contributed by atoms with van der Waals surface area (Å²) in [6.45, 7) is 4.02. The van der Waals surface area contributed by atoms with Crippen LogP contribution in [-0.2, 0) is 0 Å². The summed E-state index contributed by atoms with van der Waals surface area (Å²) in [7, 11) is 0. The molecule has 0 aliphatic heterocycles. The predicted molar refractivity (Wildman–Crippen MR) is 61.8 cm³/mol. The van der Waals surface area contributed by atoms with Gasteiger partial charge in [-0.1, -0.05) is 0 Å². The highest BCUT2D eigenvalue weighted by Crippen LogP contribution is 2.31. The quantitative estimate of drug-likeness (QED) is 0.824. The third-order valence-electron chi connectivity index (χ3n) is 2.89. The minimum Gasteiger partial charge on any atom is -0.477 e. The number of pyridine rings is 1. The van der Waals surface area contributed by atoms with Gasteiger partial charge in [-0.15, -0.1) is 0 Å². The van der Waals surface area contributed by atoms with E-state index in [0.29, 0.717) is 0 Å². The van der Waals surface area contributed by atoms with Crippen LogP contribution in [0.25, 0.3) is 0 Å². The van der Waals surface area contributed by atoms with Gasteiger partial charge in [0, 0.05) is 25.0 Å². The zero-order chi connectivity index (χ0) is 11.5. The molecule has 1 aromatic heterocycles. The van der Waals surface area contributed by atoms with Gasteiger partial charge in [0.15, 0.2) is 0 Å². The Balaban J connectivity index is 2.15. The second kappa shape index (κ2) is 4.51. The van der Waals surface area contributed by atoms with Crippen LogP contribution < -0.4 is 4.90 Å². The second-order valence-corrected chi connectivity index (χ2v) is 4.19. The highest BCUT2D eigenvalue weighted by Gasteiger charge is 2.24. The lowest BCUT2D eigenvalue weighted by Gasteiger charge is -2.22. The Kier molecular flexibility index (Phi) is 3.08. The summed E-state index contributed by atoms with van der Waals surface area (Å²) in [5.41, 5.74) is 1.08. The average Bonchev–Trinajstić information content (AvgIpc) is 3.10. The lowest BCUT2D eigenvalue weighted by atomic mass is 10.2. The van der Waals surface area contributed by atoms with E-state index in [-0.39, 0.29) is 5.69 Å². The van der Waals surface area contributed by atoms with Crippen LogP contribution >= 0.6 is 0 Å². The number of anilines is 1. The van der Waals surface area contributed by atoms with E-state index in [1.54, 1.807) is 12.3 Å². The minimum atomic E-state index is -0.968. The Morgan fingerprint density at radius 3 is 2.94 bits per heavy atom. The normalized spacial score (nSPS) is 14.8. The van der Waals surface area contributed by atoms with Crippen molar-refractivity contribution >= 4 is 11.7 Å². The molecular weight excluding hydrogens is 204 g/mol. The summed E-state index contributed by atoms with van der Waals surface area (Å²) in [4.78, 5) is 16.9. The number of carboxylic acids is 1. The largest absolute Gasteiger partial charge is 0.477 e. The standard InChI is InChI=1S/C12H16N2O2/c1-2-14(8-9-3-4-9)10-5-6-13-11(7-10)12(15)16/h5-7,9H,2-4,8H2,1H3,(H,15,16). The number of carbonyl (C=O) groups is 1. The van der Waals surface area contributed by atoms with Gasteiger partial charge in [0.1, 0.15) is 5.69 Å². The number of nitrogens with zero attached hydrogens (tertiary/aromatic N) is 2. The van der Waals surface area contributed by atoms with Gasteiger partial charge in [-0.05, 0) is 37.8 Å². The SMILES string of the molecule is CCN(CC1CC1)c1ccnc(C(=O)O)c1. The number of hydrogen-bond donors (Lipinski definition) is 1. The van der Waals surface area contributed by atoms with Crippen LogP contribution in [0.4, 0.5) is 5.69 Å². The van der Waals surface area contributed by atoms with Crippen molar-refractivity contribution in [3.05, 3.63) is 24.0 Å². The van der Waals surface area contributed by atoms with Crippen LogP contribution in [0.2, 0.25) is 0 Å². The van der Waals surface area contributed by atoms with Crippen molar-refractivity contribution in [1.29, 1.82) is 0 Å². The molecule has 0 unspecified atom stereocenters. The maximum atomic E-state index is 10.8. The molecule has 0 radical (unpaired) electrons. The summed E-state index contributed by atoms with van der Waals surface area (Å²) >= 11 is 0. The maximum absolute atomic E-state index is 10.8. The van der Waals surface area contributed by atoms with Gasteiger partial charge >= 0.3 is 5.97 Å². The van der Waals surface area contributed by atoms with Gasteiger partial charge < -0.3 is 10.0 Å². The molecule has 0 spiro atoms. The van der Waals surface area contributed by atoms with E-state index in [2.05, 4.69) is 16.8 Å². The molecule has 0 amide bonds. The molecule has 86 valence electrons. The minimum absolute atomic E-state index is 0.117. The fourth-order valence-corrected chi connectivity index (χ4v) is 1.76. The predicted octanol–water partition coefficient (Wildman–Crippen LogP) is 2.02. The lowest BCUT2D eigenvalue weighted by Crippen LogP contribution is -2.25. The van der Waals surface area contributed by atoms with E-state index in [9.17, 15) is 4.79 Å². The van der Waals surface area contributed by atoms with Gasteiger partial charge in [0.05, 0.1) is 0 Å². The van der Waals surface area contributed by atoms with Crippen LogP contribution in [0.1, 0.15) is 30.3 Å². The van der Waals surface area contributed by atoms with Crippen molar-refractivity contribution in [3.63, 3.8) is 0 Å². The molecule has 4 heteroatoms. The third-order valence-corrected chi connectivity index (χ3v) is 2.89. The highest BCUT2D eigenvalue weighted by molar-refractivity contribution is 5.86. The molecule has 1 aromatic rings. The van der Waals surface area contributed by atoms with Gasteiger partial charge in [-0.3, -0.25) is 0 Å². The van der Waals surface area contributed by atoms with Crippen LogP contribution in [0.3, 0.4) is 0 Å². The molecule has 1 saturated carbocycles. The van der Waals surface area contributed by atoms with E-state index in [0.717, 1.165) is 24.7 Å². The van der Waals surface area contributed by atoms with Crippen molar-refractivity contribution in [1.82, 2.24) is 4.98 Å². The van der Waals surface area contributed by atoms with E-state index >= 15 is 0 Å². The fraction of sp³-hybridized carbons (Fsp3) is 0.500. The Labute approximate surface area is 94.9 Å². The van der Waals surface area contributed by atoms with Gasteiger partial charge in [-0.25, -0.2) is 9.78 Å². The molecule has 1 aliphatic rings. The van der Waals surface area contributed by atoms with E-state index in [4.69, 9.17) is 5.11 Å². The fourth-order valence-electron chi connectivity index (χ4n) is 1.76. The molecule has 1 heterocycles. The van der Waals surface area contributed by atoms with Gasteiger partial charge in [-0.2, -0.15) is 0 Å². The zero-order valence-electron chi connectivity index (χ0n) is 9.39. The van der Waals surface area contributed by atoms with Crippen LogP contribution in [0.5, 0.6) is 0 Å².